The van der Waals surface area contributed by atoms with Crippen molar-refractivity contribution in [3.05, 3.63) is 71.3 Å². The van der Waals surface area contributed by atoms with E-state index in [-0.39, 0.29) is 0 Å². The number of likely N-dealkylation sites (N-methyl/N-ethyl adjacent to an activating group) is 1. The van der Waals surface area contributed by atoms with Gasteiger partial charge in [-0.2, -0.15) is 0 Å². The largest absolute Gasteiger partial charge is 0.299 e. The highest BCUT2D eigenvalue weighted by Crippen LogP contribution is 2.52. The van der Waals surface area contributed by atoms with E-state index in [1.165, 1.54) is 18.7 Å². The maximum atomic E-state index is 2.73. The van der Waals surface area contributed by atoms with E-state index in [0.717, 1.165) is 5.92 Å². The van der Waals surface area contributed by atoms with Crippen molar-refractivity contribution in [1.29, 1.82) is 0 Å². The Balaban J connectivity index is 1.88. The van der Waals surface area contributed by atoms with Crippen LogP contribution in [0.25, 0.3) is 0 Å². The maximum absolute atomic E-state index is 2.73. The van der Waals surface area contributed by atoms with Crippen LogP contribution in [0.5, 0.6) is 0 Å². The maximum Gasteiger partial charge on any atom is 0.0202 e. The van der Waals surface area contributed by atoms with Gasteiger partial charge in [0.2, 0.25) is 0 Å². The van der Waals surface area contributed by atoms with Crippen LogP contribution in [0.3, 0.4) is 0 Å². The Morgan fingerprint density at radius 2 is 1.57 bits per heavy atom. The van der Waals surface area contributed by atoms with Gasteiger partial charge in [0.15, 0.2) is 0 Å². The van der Waals surface area contributed by atoms with Crippen LogP contribution in [-0.4, -0.2) is 24.0 Å². The fourth-order valence-electron chi connectivity index (χ4n) is 5.38. The number of fused-ring (bicyclic) bond motifs is 3. The summed E-state index contributed by atoms with van der Waals surface area (Å²) in [5, 5.41) is 0. The molecule has 0 amide bonds. The third-order valence-electron chi connectivity index (χ3n) is 6.24. The minimum atomic E-state index is 0.521. The zero-order chi connectivity index (χ0) is 16.0. The molecule has 4 rings (SSSR count). The van der Waals surface area contributed by atoms with Gasteiger partial charge < -0.3 is 0 Å². The fraction of sp³-hybridized carbons (Fsp3) is 0.455. The molecule has 2 aromatic rings. The molecule has 5 unspecified atom stereocenters. The third-order valence-corrected chi connectivity index (χ3v) is 6.24. The summed E-state index contributed by atoms with van der Waals surface area (Å²) in [5.41, 5.74) is 4.65. The summed E-state index contributed by atoms with van der Waals surface area (Å²) in [6, 6.07) is 21.0. The highest BCUT2D eigenvalue weighted by atomic mass is 15.2. The van der Waals surface area contributed by atoms with Crippen LogP contribution in [0.4, 0.5) is 0 Å². The molecule has 1 fully saturated rings. The van der Waals surface area contributed by atoms with Gasteiger partial charge in [-0.05, 0) is 35.1 Å². The van der Waals surface area contributed by atoms with E-state index >= 15 is 0 Å². The smallest absolute Gasteiger partial charge is 0.0202 e. The SMILES string of the molecule is CCN1CC(C)C2c3ccccc3C(c3ccccc3)C(C)C21. The highest BCUT2D eigenvalue weighted by Gasteiger charge is 2.49. The molecule has 1 heteroatoms. The molecule has 0 bridgehead atoms. The molecule has 0 spiro atoms. The molecule has 1 saturated heterocycles. The van der Waals surface area contributed by atoms with Gasteiger partial charge in [0.1, 0.15) is 0 Å². The predicted molar refractivity (Wildman–Crippen MR) is 96.8 cm³/mol. The molecule has 2 aliphatic rings. The quantitative estimate of drug-likeness (QED) is 0.763. The number of benzene rings is 2. The van der Waals surface area contributed by atoms with E-state index in [0.29, 0.717) is 23.8 Å². The summed E-state index contributed by atoms with van der Waals surface area (Å²) in [6.45, 7) is 9.65. The van der Waals surface area contributed by atoms with E-state index < -0.39 is 0 Å². The molecule has 1 aliphatic carbocycles. The molecule has 23 heavy (non-hydrogen) atoms. The van der Waals surface area contributed by atoms with Crippen molar-refractivity contribution in [3.8, 4) is 0 Å². The summed E-state index contributed by atoms with van der Waals surface area (Å²) in [7, 11) is 0. The van der Waals surface area contributed by atoms with Gasteiger partial charge >= 0.3 is 0 Å². The molecule has 0 radical (unpaired) electrons. The Morgan fingerprint density at radius 3 is 2.26 bits per heavy atom. The predicted octanol–water partition coefficient (Wildman–Crippen LogP) is 4.89. The van der Waals surface area contributed by atoms with Crippen molar-refractivity contribution in [2.24, 2.45) is 11.8 Å². The Kier molecular flexibility index (Phi) is 3.77. The van der Waals surface area contributed by atoms with Crippen LogP contribution in [0.15, 0.2) is 54.6 Å². The number of rotatable bonds is 2. The molecule has 1 nitrogen and oxygen atoms in total. The Morgan fingerprint density at radius 1 is 0.913 bits per heavy atom. The third kappa shape index (κ3) is 2.25. The van der Waals surface area contributed by atoms with Gasteiger partial charge in [0, 0.05) is 24.4 Å². The Labute approximate surface area is 140 Å². The molecule has 0 N–H and O–H groups in total. The molecule has 0 aromatic heterocycles. The van der Waals surface area contributed by atoms with Gasteiger partial charge in [-0.25, -0.2) is 0 Å². The summed E-state index contributed by atoms with van der Waals surface area (Å²) in [4.78, 5) is 2.73. The van der Waals surface area contributed by atoms with Crippen LogP contribution in [0, 0.1) is 11.8 Å². The average Bonchev–Trinajstić information content (AvgIpc) is 2.93. The van der Waals surface area contributed by atoms with E-state index in [1.807, 2.05) is 0 Å². The van der Waals surface area contributed by atoms with Crippen molar-refractivity contribution >= 4 is 0 Å². The minimum Gasteiger partial charge on any atom is -0.299 e. The van der Waals surface area contributed by atoms with Gasteiger partial charge in [-0.3, -0.25) is 4.90 Å². The molecule has 2 aromatic carbocycles. The van der Waals surface area contributed by atoms with E-state index in [1.54, 1.807) is 11.1 Å². The first kappa shape index (κ1) is 15.0. The lowest BCUT2D eigenvalue weighted by molar-refractivity contribution is 0.174. The van der Waals surface area contributed by atoms with Gasteiger partial charge in [-0.1, -0.05) is 75.4 Å². The topological polar surface area (TPSA) is 3.24 Å². The zero-order valence-corrected chi connectivity index (χ0v) is 14.4. The fourth-order valence-corrected chi connectivity index (χ4v) is 5.38. The van der Waals surface area contributed by atoms with Crippen LogP contribution in [0.2, 0.25) is 0 Å². The van der Waals surface area contributed by atoms with Crippen LogP contribution >= 0.6 is 0 Å². The highest BCUT2D eigenvalue weighted by molar-refractivity contribution is 5.45. The molecule has 1 heterocycles. The number of likely N-dealkylation sites (tertiary alicyclic amines) is 1. The van der Waals surface area contributed by atoms with Crippen LogP contribution in [-0.2, 0) is 0 Å². The minimum absolute atomic E-state index is 0.521. The first-order valence-electron chi connectivity index (χ1n) is 9.10. The molecular formula is C22H27N. The molecule has 5 atom stereocenters. The second-order valence-electron chi connectivity index (χ2n) is 7.46. The summed E-state index contributed by atoms with van der Waals surface area (Å²) in [6.07, 6.45) is 0. The monoisotopic (exact) mass is 305 g/mol. The average molecular weight is 305 g/mol. The van der Waals surface area contributed by atoms with Gasteiger partial charge in [0.25, 0.3) is 0 Å². The lowest BCUT2D eigenvalue weighted by Gasteiger charge is -2.44. The molecular weight excluding hydrogens is 278 g/mol. The molecule has 0 saturated carbocycles. The zero-order valence-electron chi connectivity index (χ0n) is 14.4. The Bertz CT molecular complexity index is 677. The first-order chi connectivity index (χ1) is 11.2. The van der Waals surface area contributed by atoms with E-state index in [9.17, 15) is 0 Å². The summed E-state index contributed by atoms with van der Waals surface area (Å²) < 4.78 is 0. The number of nitrogens with zero attached hydrogens (tertiary/aromatic N) is 1. The van der Waals surface area contributed by atoms with Crippen LogP contribution in [0.1, 0.15) is 49.3 Å². The number of hydrogen-bond acceptors (Lipinski definition) is 1. The van der Waals surface area contributed by atoms with Crippen molar-refractivity contribution in [1.82, 2.24) is 4.90 Å². The van der Waals surface area contributed by atoms with Crippen molar-refractivity contribution in [3.63, 3.8) is 0 Å². The molecule has 1 aliphatic heterocycles. The second-order valence-corrected chi connectivity index (χ2v) is 7.46. The van der Waals surface area contributed by atoms with Gasteiger partial charge in [-0.15, -0.1) is 0 Å². The Hall–Kier alpha value is -1.60. The first-order valence-corrected chi connectivity index (χ1v) is 9.10. The standard InChI is InChI=1S/C22H27N/c1-4-23-14-15(2)20-18-12-8-9-13-19(18)21(16(3)22(20)23)17-10-6-5-7-11-17/h5-13,15-16,20-22H,4,14H2,1-3H3. The van der Waals surface area contributed by atoms with Crippen molar-refractivity contribution in [2.75, 3.05) is 13.1 Å². The summed E-state index contributed by atoms with van der Waals surface area (Å²) in [5.74, 6) is 2.62. The molecule has 120 valence electrons. The lowest BCUT2D eigenvalue weighted by Crippen LogP contribution is -2.43. The number of hydrogen-bond donors (Lipinski definition) is 0. The summed E-state index contributed by atoms with van der Waals surface area (Å²) >= 11 is 0. The van der Waals surface area contributed by atoms with E-state index in [4.69, 9.17) is 0 Å². The van der Waals surface area contributed by atoms with Crippen molar-refractivity contribution in [2.45, 2.75) is 38.6 Å². The van der Waals surface area contributed by atoms with E-state index in [2.05, 4.69) is 80.3 Å². The van der Waals surface area contributed by atoms with Crippen LogP contribution < -0.4 is 0 Å². The van der Waals surface area contributed by atoms with Crippen molar-refractivity contribution < 1.29 is 0 Å². The van der Waals surface area contributed by atoms with Gasteiger partial charge in [0.05, 0.1) is 0 Å². The second kappa shape index (κ2) is 5.79. The lowest BCUT2D eigenvalue weighted by atomic mass is 9.64. The normalized spacial score (nSPS) is 33.3.